The largest absolute Gasteiger partial charge is 0.497 e. The third kappa shape index (κ3) is 9.55. The Hall–Kier alpha value is -0.706. The highest BCUT2D eigenvalue weighted by molar-refractivity contribution is 6.74. The first-order chi connectivity index (χ1) is 16.2. The monoisotopic (exact) mass is 540 g/mol. The van der Waals surface area contributed by atoms with Crippen molar-refractivity contribution >= 4 is 16.6 Å². The molecular weight excluding hydrogens is 484 g/mol. The SMILES string of the molecule is COc1ccc(CO[C@@H](C)C[C@@H](C)[C@H](O[Si](C)(C)C(C)(C)C)[C@@H](O[Si](C)(C)C(C)(C)C)C(C)O)cc1. The average Bonchev–Trinajstić information content (AvgIpc) is 2.73. The Balaban J connectivity index is 3.13. The molecular formula is C29H56O5Si2. The number of aliphatic hydroxyl groups is 1. The smallest absolute Gasteiger partial charge is 0.192 e. The lowest BCUT2D eigenvalue weighted by atomic mass is 9.92. The van der Waals surface area contributed by atoms with E-state index in [1.807, 2.05) is 31.2 Å². The molecule has 1 aromatic carbocycles. The zero-order valence-corrected chi connectivity index (χ0v) is 27.7. The van der Waals surface area contributed by atoms with Gasteiger partial charge in [0.05, 0.1) is 38.1 Å². The molecule has 5 atom stereocenters. The molecule has 1 N–H and O–H groups in total. The van der Waals surface area contributed by atoms with Crippen molar-refractivity contribution in [3.63, 3.8) is 0 Å². The Bertz CT molecular complexity index is 778. The highest BCUT2D eigenvalue weighted by Gasteiger charge is 2.47. The third-order valence-corrected chi connectivity index (χ3v) is 17.2. The Morgan fingerprint density at radius 3 is 1.61 bits per heavy atom. The van der Waals surface area contributed by atoms with Crippen molar-refractivity contribution in [2.24, 2.45) is 5.92 Å². The molecule has 0 fully saturated rings. The molecule has 0 aliphatic rings. The van der Waals surface area contributed by atoms with E-state index in [1.165, 1.54) is 0 Å². The number of ether oxygens (including phenoxy) is 2. The first-order valence-electron chi connectivity index (χ1n) is 13.5. The van der Waals surface area contributed by atoms with Crippen molar-refractivity contribution in [3.05, 3.63) is 29.8 Å². The Morgan fingerprint density at radius 1 is 0.778 bits per heavy atom. The van der Waals surface area contributed by atoms with Gasteiger partial charge in [-0.15, -0.1) is 0 Å². The van der Waals surface area contributed by atoms with Crippen LogP contribution in [0, 0.1) is 5.92 Å². The maximum Gasteiger partial charge on any atom is 0.192 e. The molecule has 1 rings (SSSR count). The van der Waals surface area contributed by atoms with Crippen LogP contribution in [-0.2, 0) is 20.2 Å². The van der Waals surface area contributed by atoms with Crippen LogP contribution in [0.25, 0.3) is 0 Å². The fraction of sp³-hybridized carbons (Fsp3) is 0.793. The van der Waals surface area contributed by atoms with Crippen molar-refractivity contribution in [2.75, 3.05) is 7.11 Å². The number of methoxy groups -OCH3 is 1. The van der Waals surface area contributed by atoms with E-state index in [9.17, 15) is 5.11 Å². The Kier molecular flexibility index (Phi) is 11.9. The van der Waals surface area contributed by atoms with Crippen LogP contribution >= 0.6 is 0 Å². The van der Waals surface area contributed by atoms with Crippen LogP contribution in [0.5, 0.6) is 5.75 Å². The summed E-state index contributed by atoms with van der Waals surface area (Å²) in [7, 11) is -2.58. The van der Waals surface area contributed by atoms with Crippen LogP contribution < -0.4 is 4.74 Å². The summed E-state index contributed by atoms with van der Waals surface area (Å²) in [5.41, 5.74) is 1.12. The Morgan fingerprint density at radius 2 is 1.22 bits per heavy atom. The molecule has 0 saturated heterocycles. The number of hydrogen-bond acceptors (Lipinski definition) is 5. The van der Waals surface area contributed by atoms with Crippen molar-refractivity contribution in [3.8, 4) is 5.75 Å². The average molecular weight is 541 g/mol. The summed E-state index contributed by atoms with van der Waals surface area (Å²) >= 11 is 0. The molecule has 5 nitrogen and oxygen atoms in total. The topological polar surface area (TPSA) is 57.2 Å². The summed E-state index contributed by atoms with van der Waals surface area (Å²) in [5.74, 6) is 0.992. The van der Waals surface area contributed by atoms with Gasteiger partial charge in [-0.05, 0) is 80.1 Å². The van der Waals surface area contributed by atoms with Crippen LogP contribution in [-0.4, -0.2) is 53.3 Å². The maximum atomic E-state index is 11.0. The van der Waals surface area contributed by atoms with Crippen LogP contribution in [0.15, 0.2) is 24.3 Å². The van der Waals surface area contributed by atoms with E-state index in [2.05, 4.69) is 81.6 Å². The third-order valence-electron chi connectivity index (χ3n) is 8.23. The Labute approximate surface area is 224 Å². The van der Waals surface area contributed by atoms with E-state index < -0.39 is 22.7 Å². The van der Waals surface area contributed by atoms with Crippen LogP contribution in [0.2, 0.25) is 36.3 Å². The summed E-state index contributed by atoms with van der Waals surface area (Å²) in [5, 5.41) is 11.1. The zero-order valence-electron chi connectivity index (χ0n) is 25.7. The molecule has 0 heterocycles. The van der Waals surface area contributed by atoms with Crippen molar-refractivity contribution in [2.45, 2.75) is 136 Å². The molecule has 1 aromatic rings. The lowest BCUT2D eigenvalue weighted by Gasteiger charge is -2.47. The van der Waals surface area contributed by atoms with Gasteiger partial charge in [0.25, 0.3) is 0 Å². The second kappa shape index (κ2) is 12.9. The number of benzene rings is 1. The molecule has 0 aromatic heterocycles. The van der Waals surface area contributed by atoms with Gasteiger partial charge >= 0.3 is 0 Å². The van der Waals surface area contributed by atoms with Gasteiger partial charge in [-0.2, -0.15) is 0 Å². The van der Waals surface area contributed by atoms with Crippen LogP contribution in [0.3, 0.4) is 0 Å². The minimum absolute atomic E-state index is 0.0372. The molecule has 0 aliphatic heterocycles. The van der Waals surface area contributed by atoms with E-state index in [4.69, 9.17) is 18.3 Å². The summed E-state index contributed by atoms with van der Waals surface area (Å²) < 4.78 is 25.4. The van der Waals surface area contributed by atoms with Crippen molar-refractivity contribution < 1.29 is 23.4 Å². The minimum Gasteiger partial charge on any atom is -0.497 e. The van der Waals surface area contributed by atoms with Gasteiger partial charge in [0.1, 0.15) is 5.75 Å². The normalized spacial score (nSPS) is 17.9. The van der Waals surface area contributed by atoms with Gasteiger partial charge < -0.3 is 23.4 Å². The van der Waals surface area contributed by atoms with E-state index >= 15 is 0 Å². The molecule has 0 spiro atoms. The number of aliphatic hydroxyl groups excluding tert-OH is 1. The predicted molar refractivity (Wildman–Crippen MR) is 157 cm³/mol. The van der Waals surface area contributed by atoms with E-state index in [-0.39, 0.29) is 34.3 Å². The van der Waals surface area contributed by atoms with E-state index in [0.717, 1.165) is 17.7 Å². The van der Waals surface area contributed by atoms with Crippen LogP contribution in [0.1, 0.15) is 74.3 Å². The van der Waals surface area contributed by atoms with Crippen molar-refractivity contribution in [1.82, 2.24) is 0 Å². The molecule has 0 bridgehead atoms. The quantitative estimate of drug-likeness (QED) is 0.259. The van der Waals surface area contributed by atoms with E-state index in [1.54, 1.807) is 7.11 Å². The molecule has 0 aliphatic carbocycles. The highest BCUT2D eigenvalue weighted by atomic mass is 28.4. The maximum absolute atomic E-state index is 11.0. The summed E-state index contributed by atoms with van der Waals surface area (Å²) in [4.78, 5) is 0. The molecule has 1 unspecified atom stereocenters. The highest BCUT2D eigenvalue weighted by Crippen LogP contribution is 2.42. The van der Waals surface area contributed by atoms with Gasteiger partial charge in [-0.1, -0.05) is 60.6 Å². The van der Waals surface area contributed by atoms with Crippen LogP contribution in [0.4, 0.5) is 0 Å². The lowest BCUT2D eigenvalue weighted by Crippen LogP contribution is -2.56. The van der Waals surface area contributed by atoms with Gasteiger partial charge in [0.15, 0.2) is 16.6 Å². The molecule has 0 saturated carbocycles. The van der Waals surface area contributed by atoms with Gasteiger partial charge in [0, 0.05) is 0 Å². The second-order valence-corrected chi connectivity index (χ2v) is 23.1. The van der Waals surface area contributed by atoms with Gasteiger partial charge in [-0.3, -0.25) is 0 Å². The second-order valence-electron chi connectivity index (χ2n) is 13.6. The predicted octanol–water partition coefficient (Wildman–Crippen LogP) is 7.79. The lowest BCUT2D eigenvalue weighted by molar-refractivity contribution is -0.0685. The van der Waals surface area contributed by atoms with Gasteiger partial charge in [-0.25, -0.2) is 0 Å². The minimum atomic E-state index is -2.13. The van der Waals surface area contributed by atoms with Crippen molar-refractivity contribution in [1.29, 1.82) is 0 Å². The zero-order chi connectivity index (χ0) is 28.1. The molecule has 7 heteroatoms. The summed E-state index contributed by atoms with van der Waals surface area (Å²) in [6.07, 6.45) is -0.377. The first-order valence-corrected chi connectivity index (χ1v) is 19.3. The van der Waals surface area contributed by atoms with E-state index in [0.29, 0.717) is 6.61 Å². The number of hydrogen-bond donors (Lipinski definition) is 1. The molecule has 36 heavy (non-hydrogen) atoms. The standard InChI is InChI=1S/C29H56O5Si2/c1-21(19-22(2)32-20-24-15-17-25(31-10)18-16-24)26(33-35(11,12)28(4,5)6)27(23(3)30)34-36(13,14)29(7,8)9/h15-18,21-23,26-27,30H,19-20H2,1-14H3/t21-,22+,23?,26+,27+/m1/s1. The summed E-state index contributed by atoms with van der Waals surface area (Å²) in [6.45, 7) is 29.3. The molecule has 210 valence electrons. The summed E-state index contributed by atoms with van der Waals surface area (Å²) in [6, 6.07) is 7.99. The number of rotatable bonds is 13. The van der Waals surface area contributed by atoms with Gasteiger partial charge in [0.2, 0.25) is 0 Å². The molecule has 0 amide bonds. The fourth-order valence-electron chi connectivity index (χ4n) is 3.67. The first kappa shape index (κ1) is 33.3. The molecule has 0 radical (unpaired) electrons. The fourth-order valence-corrected chi connectivity index (χ4v) is 6.43.